The fraction of sp³-hybridized carbons (Fsp3) is 0.375. The van der Waals surface area contributed by atoms with Crippen LogP contribution in [0.3, 0.4) is 0 Å². The standard InChI is InChI=1S/C24H28N2O4/c1-6-30-20-11-8-14-26-21(16(2)25-22(20)26)19(27)13-12-17-9-7-10-18(15-17)24(3,4)23(28)29-5/h7-11,14-15H,6,12-13H2,1-5H3. The Labute approximate surface area is 176 Å². The molecule has 2 aromatic heterocycles. The number of aromatic nitrogens is 2. The first-order chi connectivity index (χ1) is 14.3. The molecule has 0 aliphatic rings. The molecule has 0 unspecified atom stereocenters. The average Bonchev–Trinajstić information content (AvgIpc) is 3.08. The van der Waals surface area contributed by atoms with Gasteiger partial charge in [0.1, 0.15) is 5.69 Å². The van der Waals surface area contributed by atoms with E-state index in [1.54, 1.807) is 4.40 Å². The van der Waals surface area contributed by atoms with Gasteiger partial charge in [0.2, 0.25) is 0 Å². The Bertz CT molecular complexity index is 1080. The fourth-order valence-electron chi connectivity index (χ4n) is 3.63. The van der Waals surface area contributed by atoms with E-state index in [9.17, 15) is 9.59 Å². The summed E-state index contributed by atoms with van der Waals surface area (Å²) in [5.41, 5.74) is 3.04. The third-order valence-electron chi connectivity index (χ3n) is 5.34. The quantitative estimate of drug-likeness (QED) is 0.410. The number of ether oxygens (including phenoxy) is 2. The van der Waals surface area contributed by atoms with Gasteiger partial charge in [-0.15, -0.1) is 0 Å². The van der Waals surface area contributed by atoms with Crippen molar-refractivity contribution in [1.82, 2.24) is 9.38 Å². The van der Waals surface area contributed by atoms with Crippen molar-refractivity contribution in [3.8, 4) is 5.75 Å². The molecule has 0 atom stereocenters. The largest absolute Gasteiger partial charge is 0.490 e. The third-order valence-corrected chi connectivity index (χ3v) is 5.34. The number of methoxy groups -OCH3 is 1. The van der Waals surface area contributed by atoms with Gasteiger partial charge in [-0.3, -0.25) is 14.0 Å². The molecule has 0 radical (unpaired) electrons. The van der Waals surface area contributed by atoms with Gasteiger partial charge >= 0.3 is 5.97 Å². The molecule has 0 aliphatic carbocycles. The van der Waals surface area contributed by atoms with Gasteiger partial charge in [-0.05, 0) is 57.4 Å². The number of esters is 1. The number of hydrogen-bond acceptors (Lipinski definition) is 5. The Morgan fingerprint density at radius 1 is 1.17 bits per heavy atom. The smallest absolute Gasteiger partial charge is 0.315 e. The molecule has 0 saturated carbocycles. The number of hydrogen-bond donors (Lipinski definition) is 0. The molecule has 1 aromatic carbocycles. The number of carbonyl (C=O) groups excluding carboxylic acids is 2. The zero-order chi connectivity index (χ0) is 21.9. The lowest BCUT2D eigenvalue weighted by Gasteiger charge is -2.22. The van der Waals surface area contributed by atoms with E-state index in [0.717, 1.165) is 11.1 Å². The van der Waals surface area contributed by atoms with Crippen LogP contribution in [-0.4, -0.2) is 34.9 Å². The third kappa shape index (κ3) is 4.08. The van der Waals surface area contributed by atoms with Crippen molar-refractivity contribution in [3.05, 3.63) is 65.1 Å². The number of carbonyl (C=O) groups is 2. The number of pyridine rings is 1. The van der Waals surface area contributed by atoms with Gasteiger partial charge in [-0.1, -0.05) is 24.3 Å². The first-order valence-electron chi connectivity index (χ1n) is 10.1. The molecule has 30 heavy (non-hydrogen) atoms. The average molecular weight is 408 g/mol. The summed E-state index contributed by atoms with van der Waals surface area (Å²) >= 11 is 0. The molecule has 0 fully saturated rings. The number of aryl methyl sites for hydroxylation is 2. The number of ketones is 1. The maximum absolute atomic E-state index is 13.0. The van der Waals surface area contributed by atoms with Crippen LogP contribution in [0.2, 0.25) is 0 Å². The summed E-state index contributed by atoms with van der Waals surface area (Å²) in [5, 5.41) is 0. The summed E-state index contributed by atoms with van der Waals surface area (Å²) < 4.78 is 12.4. The van der Waals surface area contributed by atoms with Crippen LogP contribution in [0, 0.1) is 6.92 Å². The first kappa shape index (κ1) is 21.6. The van der Waals surface area contributed by atoms with Crippen LogP contribution >= 0.6 is 0 Å². The second-order valence-electron chi connectivity index (χ2n) is 7.79. The van der Waals surface area contributed by atoms with E-state index in [1.807, 2.05) is 70.3 Å². The Hall–Kier alpha value is -3.15. The van der Waals surface area contributed by atoms with Crippen molar-refractivity contribution in [2.75, 3.05) is 13.7 Å². The number of fused-ring (bicyclic) bond motifs is 1. The highest BCUT2D eigenvalue weighted by molar-refractivity contribution is 5.96. The van der Waals surface area contributed by atoms with E-state index in [4.69, 9.17) is 9.47 Å². The van der Waals surface area contributed by atoms with E-state index in [0.29, 0.717) is 42.2 Å². The zero-order valence-electron chi connectivity index (χ0n) is 18.2. The fourth-order valence-corrected chi connectivity index (χ4v) is 3.63. The molecule has 0 bridgehead atoms. The van der Waals surface area contributed by atoms with Crippen LogP contribution in [0.5, 0.6) is 5.75 Å². The second kappa shape index (κ2) is 8.69. The second-order valence-corrected chi connectivity index (χ2v) is 7.79. The first-order valence-corrected chi connectivity index (χ1v) is 10.1. The van der Waals surface area contributed by atoms with E-state index in [-0.39, 0.29) is 11.8 Å². The lowest BCUT2D eigenvalue weighted by atomic mass is 9.83. The highest BCUT2D eigenvalue weighted by atomic mass is 16.5. The molecule has 0 saturated heterocycles. The monoisotopic (exact) mass is 408 g/mol. The van der Waals surface area contributed by atoms with Gasteiger partial charge in [0, 0.05) is 12.6 Å². The lowest BCUT2D eigenvalue weighted by Crippen LogP contribution is -2.30. The summed E-state index contributed by atoms with van der Waals surface area (Å²) in [7, 11) is 1.39. The van der Waals surface area contributed by atoms with Gasteiger partial charge in [0.05, 0.1) is 24.8 Å². The lowest BCUT2D eigenvalue weighted by molar-refractivity contribution is -0.146. The minimum atomic E-state index is -0.747. The maximum atomic E-state index is 13.0. The van der Waals surface area contributed by atoms with Crippen LogP contribution < -0.4 is 4.74 Å². The van der Waals surface area contributed by atoms with E-state index >= 15 is 0 Å². The predicted molar refractivity (Wildman–Crippen MR) is 115 cm³/mol. The molecule has 0 amide bonds. The van der Waals surface area contributed by atoms with Gasteiger partial charge in [-0.2, -0.15) is 0 Å². The Morgan fingerprint density at radius 3 is 2.63 bits per heavy atom. The highest BCUT2D eigenvalue weighted by Gasteiger charge is 2.31. The number of nitrogens with zero attached hydrogens (tertiary/aromatic N) is 2. The zero-order valence-corrected chi connectivity index (χ0v) is 18.2. The molecule has 6 heteroatoms. The Balaban J connectivity index is 1.82. The van der Waals surface area contributed by atoms with Crippen molar-refractivity contribution < 1.29 is 19.1 Å². The van der Waals surface area contributed by atoms with Crippen LogP contribution in [0.4, 0.5) is 0 Å². The molecule has 6 nitrogen and oxygen atoms in total. The topological polar surface area (TPSA) is 69.9 Å². The van der Waals surface area contributed by atoms with Crippen LogP contribution in [0.25, 0.3) is 5.65 Å². The predicted octanol–water partition coefficient (Wildman–Crippen LogP) is 4.31. The van der Waals surface area contributed by atoms with E-state index in [2.05, 4.69) is 4.98 Å². The minimum absolute atomic E-state index is 0.0197. The van der Waals surface area contributed by atoms with Gasteiger partial charge in [0.15, 0.2) is 17.2 Å². The molecule has 3 aromatic rings. The summed E-state index contributed by atoms with van der Waals surface area (Å²) in [6.07, 6.45) is 2.75. The molecule has 0 spiro atoms. The number of Topliss-reactive ketones (excluding diaryl/α,β-unsaturated/α-hetero) is 1. The summed E-state index contributed by atoms with van der Waals surface area (Å²) in [6.45, 7) is 7.96. The van der Waals surface area contributed by atoms with Crippen molar-refractivity contribution in [3.63, 3.8) is 0 Å². The van der Waals surface area contributed by atoms with Gasteiger partial charge in [-0.25, -0.2) is 4.98 Å². The molecule has 0 aliphatic heterocycles. The summed E-state index contributed by atoms with van der Waals surface area (Å²) in [5.74, 6) is 0.397. The molecule has 0 N–H and O–H groups in total. The number of imidazole rings is 1. The SMILES string of the molecule is CCOc1cccn2c(C(=O)CCc3cccc(C(C)(C)C(=O)OC)c3)c(C)nc12. The van der Waals surface area contributed by atoms with E-state index < -0.39 is 5.41 Å². The molecule has 2 heterocycles. The highest BCUT2D eigenvalue weighted by Crippen LogP contribution is 2.27. The summed E-state index contributed by atoms with van der Waals surface area (Å²) in [6, 6.07) is 11.5. The van der Waals surface area contributed by atoms with Crippen LogP contribution in [-0.2, 0) is 21.4 Å². The molecular weight excluding hydrogens is 380 g/mol. The van der Waals surface area contributed by atoms with Crippen LogP contribution in [0.1, 0.15) is 54.5 Å². The Kier molecular flexibility index (Phi) is 6.25. The molecule has 158 valence electrons. The maximum Gasteiger partial charge on any atom is 0.315 e. The van der Waals surface area contributed by atoms with Crippen molar-refractivity contribution in [1.29, 1.82) is 0 Å². The summed E-state index contributed by atoms with van der Waals surface area (Å²) in [4.78, 5) is 29.7. The normalized spacial score (nSPS) is 11.5. The van der Waals surface area contributed by atoms with Crippen LogP contribution in [0.15, 0.2) is 42.6 Å². The molecule has 3 rings (SSSR count). The number of rotatable bonds is 8. The van der Waals surface area contributed by atoms with Crippen molar-refractivity contribution in [2.24, 2.45) is 0 Å². The Morgan fingerprint density at radius 2 is 1.93 bits per heavy atom. The van der Waals surface area contributed by atoms with Crippen molar-refractivity contribution >= 4 is 17.4 Å². The van der Waals surface area contributed by atoms with Crippen molar-refractivity contribution in [2.45, 2.75) is 46.0 Å². The molecular formula is C24H28N2O4. The van der Waals surface area contributed by atoms with Gasteiger partial charge < -0.3 is 9.47 Å². The van der Waals surface area contributed by atoms with Gasteiger partial charge in [0.25, 0.3) is 0 Å². The minimum Gasteiger partial charge on any atom is -0.490 e. The number of benzene rings is 1. The van der Waals surface area contributed by atoms with E-state index in [1.165, 1.54) is 7.11 Å².